The smallest absolute Gasteiger partial charge is 0.270 e. The number of rotatable bonds is 9. The average Bonchev–Trinajstić information content (AvgIpc) is 3.18. The zero-order chi connectivity index (χ0) is 27.2. The summed E-state index contributed by atoms with van der Waals surface area (Å²) in [5.74, 6) is 0.509. The SMILES string of the molecule is CCOc1cc(/C=C2\SC(=S)N(c3ccc(CC)cc3)C2=O)ccc1OCC(=O)Nc1ccc(C)c(C)c1. The molecule has 0 bridgehead atoms. The molecule has 0 spiro atoms. The molecule has 1 fully saturated rings. The second kappa shape index (κ2) is 12.3. The van der Waals surface area contributed by atoms with E-state index in [-0.39, 0.29) is 18.4 Å². The number of thioether (sulfide) groups is 1. The fraction of sp³-hybridized carbons (Fsp3) is 0.233. The van der Waals surface area contributed by atoms with Crippen molar-refractivity contribution in [3.63, 3.8) is 0 Å². The van der Waals surface area contributed by atoms with Crippen LogP contribution in [-0.2, 0) is 16.0 Å². The first-order valence-electron chi connectivity index (χ1n) is 12.4. The first-order chi connectivity index (χ1) is 18.3. The second-order valence-corrected chi connectivity index (χ2v) is 10.5. The molecule has 38 heavy (non-hydrogen) atoms. The molecule has 196 valence electrons. The summed E-state index contributed by atoms with van der Waals surface area (Å²) in [6.45, 7) is 8.24. The molecule has 1 N–H and O–H groups in total. The number of thiocarbonyl (C=S) groups is 1. The number of carbonyl (C=O) groups excluding carboxylic acids is 2. The van der Waals surface area contributed by atoms with Crippen LogP contribution >= 0.6 is 24.0 Å². The van der Waals surface area contributed by atoms with Crippen LogP contribution in [0.4, 0.5) is 11.4 Å². The number of hydrogen-bond acceptors (Lipinski definition) is 6. The Kier molecular flexibility index (Phi) is 8.86. The molecule has 0 saturated carbocycles. The number of anilines is 2. The van der Waals surface area contributed by atoms with Gasteiger partial charge in [0.25, 0.3) is 11.8 Å². The van der Waals surface area contributed by atoms with E-state index in [0.717, 1.165) is 34.5 Å². The van der Waals surface area contributed by atoms with Gasteiger partial charge < -0.3 is 14.8 Å². The van der Waals surface area contributed by atoms with Gasteiger partial charge in [0.1, 0.15) is 0 Å². The third kappa shape index (κ3) is 6.44. The minimum absolute atomic E-state index is 0.162. The van der Waals surface area contributed by atoms with Crippen molar-refractivity contribution >= 4 is 57.6 Å². The minimum atomic E-state index is -0.268. The summed E-state index contributed by atoms with van der Waals surface area (Å²) in [4.78, 5) is 27.7. The van der Waals surface area contributed by atoms with Gasteiger partial charge in [-0.2, -0.15) is 0 Å². The van der Waals surface area contributed by atoms with Crippen molar-refractivity contribution in [2.45, 2.75) is 34.1 Å². The zero-order valence-corrected chi connectivity index (χ0v) is 23.5. The predicted molar refractivity (Wildman–Crippen MR) is 159 cm³/mol. The fourth-order valence-corrected chi connectivity index (χ4v) is 5.18. The first kappa shape index (κ1) is 27.4. The van der Waals surface area contributed by atoms with Crippen LogP contribution in [0, 0.1) is 13.8 Å². The Hall–Kier alpha value is -3.62. The van der Waals surface area contributed by atoms with Gasteiger partial charge >= 0.3 is 0 Å². The number of amides is 2. The normalized spacial score (nSPS) is 14.2. The molecule has 0 aromatic heterocycles. The second-order valence-electron chi connectivity index (χ2n) is 8.81. The Morgan fingerprint density at radius 1 is 0.974 bits per heavy atom. The molecule has 1 aliphatic heterocycles. The Balaban J connectivity index is 1.46. The molecule has 8 heteroatoms. The molecule has 6 nitrogen and oxygen atoms in total. The van der Waals surface area contributed by atoms with Crippen molar-refractivity contribution < 1.29 is 19.1 Å². The Labute approximate surface area is 233 Å². The lowest BCUT2D eigenvalue weighted by Gasteiger charge is -2.15. The van der Waals surface area contributed by atoms with Crippen LogP contribution < -0.4 is 19.7 Å². The first-order valence-corrected chi connectivity index (χ1v) is 13.6. The van der Waals surface area contributed by atoms with Crippen LogP contribution in [0.2, 0.25) is 0 Å². The maximum atomic E-state index is 13.2. The Bertz CT molecular complexity index is 1400. The number of carbonyl (C=O) groups is 2. The van der Waals surface area contributed by atoms with Gasteiger partial charge in [0.2, 0.25) is 0 Å². The van der Waals surface area contributed by atoms with Gasteiger partial charge in [0.15, 0.2) is 22.4 Å². The maximum Gasteiger partial charge on any atom is 0.270 e. The van der Waals surface area contributed by atoms with E-state index in [0.29, 0.717) is 27.3 Å². The van der Waals surface area contributed by atoms with Gasteiger partial charge in [-0.15, -0.1) is 0 Å². The molecule has 1 aliphatic rings. The van der Waals surface area contributed by atoms with Crippen LogP contribution in [-0.4, -0.2) is 29.3 Å². The number of nitrogens with one attached hydrogen (secondary N) is 1. The highest BCUT2D eigenvalue weighted by Gasteiger charge is 2.33. The fourth-order valence-electron chi connectivity index (χ4n) is 3.88. The van der Waals surface area contributed by atoms with Crippen molar-refractivity contribution in [2.24, 2.45) is 0 Å². The lowest BCUT2D eigenvalue weighted by Crippen LogP contribution is -2.27. The maximum absolute atomic E-state index is 13.2. The Morgan fingerprint density at radius 2 is 1.74 bits per heavy atom. The standard InChI is InChI=1S/C30H30N2O4S2/c1-5-21-8-12-24(13-9-21)32-29(34)27(38-30(32)37)17-22-10-14-25(26(16-22)35-6-2)36-18-28(33)31-23-11-7-19(3)20(4)15-23/h7-17H,5-6,18H2,1-4H3,(H,31,33)/b27-17-. The highest BCUT2D eigenvalue weighted by molar-refractivity contribution is 8.27. The minimum Gasteiger partial charge on any atom is -0.490 e. The van der Waals surface area contributed by atoms with Gasteiger partial charge in [-0.3, -0.25) is 14.5 Å². The lowest BCUT2D eigenvalue weighted by molar-refractivity contribution is -0.118. The van der Waals surface area contributed by atoms with Crippen LogP contribution in [0.1, 0.15) is 36.1 Å². The summed E-state index contributed by atoms with van der Waals surface area (Å²) in [5, 5.41) is 2.85. The summed E-state index contributed by atoms with van der Waals surface area (Å²) >= 11 is 6.77. The largest absolute Gasteiger partial charge is 0.490 e. The molecule has 1 heterocycles. The van der Waals surface area contributed by atoms with Crippen LogP contribution in [0.5, 0.6) is 11.5 Å². The van der Waals surface area contributed by atoms with E-state index in [1.807, 2.05) is 69.3 Å². The van der Waals surface area contributed by atoms with Gasteiger partial charge in [0, 0.05) is 5.69 Å². The van der Waals surface area contributed by atoms with E-state index >= 15 is 0 Å². The molecule has 2 amide bonds. The molecule has 1 saturated heterocycles. The van der Waals surface area contributed by atoms with Crippen LogP contribution in [0.25, 0.3) is 6.08 Å². The predicted octanol–water partition coefficient (Wildman–Crippen LogP) is 6.69. The van der Waals surface area contributed by atoms with Crippen LogP contribution in [0.3, 0.4) is 0 Å². The summed E-state index contributed by atoms with van der Waals surface area (Å²) in [7, 11) is 0. The lowest BCUT2D eigenvalue weighted by atomic mass is 10.1. The molecule has 3 aromatic rings. The number of hydrogen-bond donors (Lipinski definition) is 1. The van der Waals surface area contributed by atoms with E-state index in [1.54, 1.807) is 23.1 Å². The van der Waals surface area contributed by atoms with Gasteiger partial charge in [-0.1, -0.05) is 55.2 Å². The zero-order valence-electron chi connectivity index (χ0n) is 21.9. The van der Waals surface area contributed by atoms with E-state index < -0.39 is 0 Å². The summed E-state index contributed by atoms with van der Waals surface area (Å²) < 4.78 is 12.0. The molecular weight excluding hydrogens is 516 g/mol. The summed E-state index contributed by atoms with van der Waals surface area (Å²) in [6.07, 6.45) is 2.72. The number of aryl methyl sites for hydroxylation is 3. The van der Waals surface area contributed by atoms with Crippen LogP contribution in [0.15, 0.2) is 65.6 Å². The summed E-state index contributed by atoms with van der Waals surface area (Å²) in [5.41, 5.74) is 5.70. The van der Waals surface area contributed by atoms with Crippen molar-refractivity contribution in [1.29, 1.82) is 0 Å². The molecule has 0 radical (unpaired) electrons. The van der Waals surface area contributed by atoms with E-state index in [9.17, 15) is 9.59 Å². The molecule has 0 atom stereocenters. The van der Waals surface area contributed by atoms with Gasteiger partial charge in [-0.05, 0) is 91.9 Å². The van der Waals surface area contributed by atoms with Crippen molar-refractivity contribution in [2.75, 3.05) is 23.4 Å². The van der Waals surface area contributed by atoms with Crippen molar-refractivity contribution in [1.82, 2.24) is 0 Å². The average molecular weight is 547 g/mol. The topological polar surface area (TPSA) is 67.9 Å². The van der Waals surface area contributed by atoms with Crippen molar-refractivity contribution in [3.8, 4) is 11.5 Å². The number of nitrogens with zero attached hydrogens (tertiary/aromatic N) is 1. The number of benzene rings is 3. The Morgan fingerprint density at radius 3 is 2.42 bits per heavy atom. The number of ether oxygens (including phenoxy) is 2. The van der Waals surface area contributed by atoms with Gasteiger partial charge in [0.05, 0.1) is 17.2 Å². The van der Waals surface area contributed by atoms with Gasteiger partial charge in [-0.25, -0.2) is 0 Å². The molecule has 3 aromatic carbocycles. The molecular formula is C30H30N2O4S2. The summed E-state index contributed by atoms with van der Waals surface area (Å²) in [6, 6.07) is 19.0. The quantitative estimate of drug-likeness (QED) is 0.238. The molecule has 0 unspecified atom stereocenters. The van der Waals surface area contributed by atoms with E-state index in [2.05, 4.69) is 12.2 Å². The van der Waals surface area contributed by atoms with E-state index in [1.165, 1.54) is 17.3 Å². The third-order valence-corrected chi connectivity index (χ3v) is 7.41. The highest BCUT2D eigenvalue weighted by atomic mass is 32.2. The highest BCUT2D eigenvalue weighted by Crippen LogP contribution is 2.37. The molecule has 0 aliphatic carbocycles. The molecule has 4 rings (SSSR count). The monoisotopic (exact) mass is 546 g/mol. The van der Waals surface area contributed by atoms with E-state index in [4.69, 9.17) is 21.7 Å². The third-order valence-electron chi connectivity index (χ3n) is 6.11. The van der Waals surface area contributed by atoms with Crippen molar-refractivity contribution in [3.05, 3.63) is 87.8 Å².